The van der Waals surface area contributed by atoms with E-state index >= 15 is 0 Å². The van der Waals surface area contributed by atoms with Crippen molar-refractivity contribution in [1.82, 2.24) is 0 Å². The molecule has 0 heterocycles. The molecule has 16 heavy (non-hydrogen) atoms. The Hall–Kier alpha value is -2.08. The highest BCUT2D eigenvalue weighted by Gasteiger charge is 2.19. The lowest BCUT2D eigenvalue weighted by Crippen LogP contribution is -2.28. The molecular formula is C16H10. The highest BCUT2D eigenvalue weighted by molar-refractivity contribution is 5.95. The first-order valence-corrected chi connectivity index (χ1v) is 5.50. The van der Waals surface area contributed by atoms with Gasteiger partial charge >= 0.3 is 0 Å². The number of hydrogen-bond acceptors (Lipinski definition) is 0. The average molecular weight is 202 g/mol. The van der Waals surface area contributed by atoms with Crippen molar-refractivity contribution < 1.29 is 0 Å². The fraction of sp³-hybridized carbons (Fsp3) is 0. The third-order valence-corrected chi connectivity index (χ3v) is 3.54. The quantitative estimate of drug-likeness (QED) is 0.615. The van der Waals surface area contributed by atoms with Crippen LogP contribution in [0, 0.1) is 0 Å². The summed E-state index contributed by atoms with van der Waals surface area (Å²) in [7, 11) is 0. The minimum absolute atomic E-state index is 1.16. The molecule has 0 radical (unpaired) electrons. The lowest BCUT2D eigenvalue weighted by molar-refractivity contribution is 1.56. The highest BCUT2D eigenvalue weighted by atomic mass is 14.2. The summed E-state index contributed by atoms with van der Waals surface area (Å²) in [5.74, 6) is 0. The molecule has 0 amide bonds. The number of rotatable bonds is 0. The van der Waals surface area contributed by atoms with Gasteiger partial charge in [-0.15, -0.1) is 0 Å². The molecule has 0 spiro atoms. The van der Waals surface area contributed by atoms with E-state index in [9.17, 15) is 0 Å². The Labute approximate surface area is 93.6 Å². The zero-order valence-electron chi connectivity index (χ0n) is 8.83. The zero-order valence-corrected chi connectivity index (χ0v) is 8.83. The molecule has 0 unspecified atom stereocenters. The summed E-state index contributed by atoms with van der Waals surface area (Å²) in [6.45, 7) is 4.22. The predicted octanol–water partition coefficient (Wildman–Crippen LogP) is 2.27. The molecule has 0 heteroatoms. The Morgan fingerprint density at radius 2 is 1.31 bits per heavy atom. The molecule has 5 rings (SSSR count). The third-order valence-electron chi connectivity index (χ3n) is 3.54. The molecule has 2 aliphatic carbocycles. The van der Waals surface area contributed by atoms with Crippen LogP contribution in [-0.4, -0.2) is 0 Å². The highest BCUT2D eigenvalue weighted by Crippen LogP contribution is 2.34. The summed E-state index contributed by atoms with van der Waals surface area (Å²) in [6.07, 6.45) is 8.75. The van der Waals surface area contributed by atoms with E-state index < -0.39 is 0 Å². The van der Waals surface area contributed by atoms with Gasteiger partial charge < -0.3 is 0 Å². The van der Waals surface area contributed by atoms with Crippen molar-refractivity contribution in [3.05, 3.63) is 70.2 Å². The molecule has 0 saturated heterocycles. The number of hydrogen-bond donors (Lipinski definition) is 0. The monoisotopic (exact) mass is 202 g/mol. The van der Waals surface area contributed by atoms with E-state index in [-0.39, 0.29) is 0 Å². The van der Waals surface area contributed by atoms with Crippen molar-refractivity contribution in [2.75, 3.05) is 0 Å². The third kappa shape index (κ3) is 0.809. The van der Waals surface area contributed by atoms with Crippen molar-refractivity contribution in [3.63, 3.8) is 0 Å². The summed E-state index contributed by atoms with van der Waals surface area (Å²) in [6, 6.07) is 8.67. The second-order valence-corrected chi connectivity index (χ2v) is 4.38. The van der Waals surface area contributed by atoms with Gasteiger partial charge in [-0.3, -0.25) is 0 Å². The first-order chi connectivity index (χ1) is 7.84. The van der Waals surface area contributed by atoms with Crippen molar-refractivity contribution in [3.8, 4) is 0 Å². The van der Waals surface area contributed by atoms with Gasteiger partial charge in [0.15, 0.2) is 0 Å². The summed E-state index contributed by atoms with van der Waals surface area (Å²) in [5.41, 5.74) is 4.02. The largest absolute Gasteiger partial charge is 0.0905 e. The van der Waals surface area contributed by atoms with Crippen LogP contribution in [-0.2, 0) is 0 Å². The van der Waals surface area contributed by atoms with Gasteiger partial charge in [-0.1, -0.05) is 55.1 Å². The van der Waals surface area contributed by atoms with E-state index in [4.69, 9.17) is 0 Å². The standard InChI is InChI=1S/C16H10/c1-10-11-2-4-12(5-3-11)15(10)16-13-6-7-14(16)9-8-13/h2-9H,1H2. The van der Waals surface area contributed by atoms with Gasteiger partial charge in [-0.05, 0) is 37.9 Å². The summed E-state index contributed by atoms with van der Waals surface area (Å²) in [4.78, 5) is 0. The molecule has 0 fully saturated rings. The molecule has 4 bridgehead atoms. The van der Waals surface area contributed by atoms with Gasteiger partial charge in [0.1, 0.15) is 0 Å². The Kier molecular flexibility index (Phi) is 1.29. The van der Waals surface area contributed by atoms with Crippen LogP contribution in [0.1, 0.15) is 0 Å². The molecule has 0 atom stereocenters. The van der Waals surface area contributed by atoms with Gasteiger partial charge in [0.25, 0.3) is 0 Å². The maximum atomic E-state index is 4.22. The van der Waals surface area contributed by atoms with Crippen molar-refractivity contribution in [1.29, 1.82) is 0 Å². The van der Waals surface area contributed by atoms with Gasteiger partial charge in [-0.25, -0.2) is 0 Å². The Morgan fingerprint density at radius 3 is 1.81 bits per heavy atom. The average Bonchev–Trinajstić information content (AvgIpc) is 2.90. The Bertz CT molecular complexity index is 754. The van der Waals surface area contributed by atoms with Crippen LogP contribution in [0.5, 0.6) is 0 Å². The van der Waals surface area contributed by atoms with E-state index in [0.29, 0.717) is 0 Å². The normalized spacial score (nSPS) is 17.4. The van der Waals surface area contributed by atoms with Crippen LogP contribution in [0.3, 0.4) is 0 Å². The van der Waals surface area contributed by atoms with E-state index in [1.165, 1.54) is 32.7 Å². The zero-order chi connectivity index (χ0) is 10.7. The Morgan fingerprint density at radius 1 is 0.750 bits per heavy atom. The SMILES string of the molecule is C=c1c(=C2C3=CC=C2C=C3)c2ccc1cc2. The molecule has 0 aromatic heterocycles. The van der Waals surface area contributed by atoms with E-state index in [2.05, 4.69) is 55.1 Å². The first kappa shape index (κ1) is 8.12. The van der Waals surface area contributed by atoms with Crippen molar-refractivity contribution in [2.24, 2.45) is 0 Å². The van der Waals surface area contributed by atoms with E-state index in [0.717, 1.165) is 5.22 Å². The van der Waals surface area contributed by atoms with Crippen LogP contribution in [0.15, 0.2) is 59.7 Å². The molecular weight excluding hydrogens is 192 g/mol. The van der Waals surface area contributed by atoms with Gasteiger partial charge in [0.2, 0.25) is 0 Å². The topological polar surface area (TPSA) is 0 Å². The molecule has 74 valence electrons. The predicted molar refractivity (Wildman–Crippen MR) is 68.6 cm³/mol. The number of benzene rings is 3. The van der Waals surface area contributed by atoms with Crippen LogP contribution >= 0.6 is 0 Å². The van der Waals surface area contributed by atoms with Crippen LogP contribution in [0.2, 0.25) is 0 Å². The molecule has 3 aromatic rings. The second-order valence-electron chi connectivity index (χ2n) is 4.38. The maximum absolute atomic E-state index is 4.22. The number of allylic oxidation sites excluding steroid dienone is 6. The molecule has 0 saturated carbocycles. The van der Waals surface area contributed by atoms with Gasteiger partial charge in [0.05, 0.1) is 0 Å². The van der Waals surface area contributed by atoms with Crippen LogP contribution in [0.25, 0.3) is 22.9 Å². The Balaban J connectivity index is 2.32. The lowest BCUT2D eigenvalue weighted by Gasteiger charge is -2.05. The molecule has 0 N–H and O–H groups in total. The fourth-order valence-electron chi connectivity index (χ4n) is 2.71. The van der Waals surface area contributed by atoms with Crippen LogP contribution < -0.4 is 10.4 Å². The second kappa shape index (κ2) is 2.53. The summed E-state index contributed by atoms with van der Waals surface area (Å²) < 4.78 is 0. The van der Waals surface area contributed by atoms with E-state index in [1.54, 1.807) is 0 Å². The number of fused-ring (bicyclic) bond motifs is 5. The minimum atomic E-state index is 1.16. The van der Waals surface area contributed by atoms with Gasteiger partial charge in [-0.2, -0.15) is 0 Å². The van der Waals surface area contributed by atoms with Crippen molar-refractivity contribution >= 4 is 22.9 Å². The summed E-state index contributed by atoms with van der Waals surface area (Å²) in [5, 5.41) is 5.01. The molecule has 2 aliphatic rings. The van der Waals surface area contributed by atoms with Crippen LogP contribution in [0.4, 0.5) is 0 Å². The minimum Gasteiger partial charge on any atom is -0.0905 e. The van der Waals surface area contributed by atoms with E-state index in [1.807, 2.05) is 0 Å². The molecule has 0 nitrogen and oxygen atoms in total. The molecule has 3 aromatic carbocycles. The van der Waals surface area contributed by atoms with Gasteiger partial charge in [0, 0.05) is 0 Å². The lowest BCUT2D eigenvalue weighted by atomic mass is 9.98. The smallest absolute Gasteiger partial charge is 0.00267 e. The fourth-order valence-corrected chi connectivity index (χ4v) is 2.71. The molecule has 0 aliphatic heterocycles. The maximum Gasteiger partial charge on any atom is -0.00267 e. The van der Waals surface area contributed by atoms with Crippen molar-refractivity contribution in [2.45, 2.75) is 0 Å². The first-order valence-electron chi connectivity index (χ1n) is 5.50. The summed E-state index contributed by atoms with van der Waals surface area (Å²) >= 11 is 0.